The quantitative estimate of drug-likeness (QED) is 0.636. The molecule has 1 saturated carbocycles. The van der Waals surface area contributed by atoms with E-state index in [4.69, 9.17) is 0 Å². The Morgan fingerprint density at radius 1 is 1.46 bits per heavy atom. The minimum absolute atomic E-state index is 0.0445. The molecule has 0 heterocycles. The lowest BCUT2D eigenvalue weighted by atomic mass is 9.67. The first-order valence-corrected chi connectivity index (χ1v) is 4.33. The topological polar surface area (TPSA) is 55.4 Å². The molecule has 0 aliphatic heterocycles. The van der Waals surface area contributed by atoms with Gasteiger partial charge in [0.25, 0.3) is 0 Å². The Hall–Kier alpha value is -1.06. The van der Waals surface area contributed by atoms with Crippen molar-refractivity contribution in [2.24, 2.45) is 5.41 Å². The molecule has 74 valence electrons. The Bertz CT molecular complexity index is 231. The van der Waals surface area contributed by atoms with Crippen LogP contribution in [0.5, 0.6) is 0 Å². The first-order chi connectivity index (χ1) is 5.98. The van der Waals surface area contributed by atoms with Crippen LogP contribution in [-0.4, -0.2) is 25.0 Å². The van der Waals surface area contributed by atoms with Gasteiger partial charge in [-0.1, -0.05) is 0 Å². The van der Waals surface area contributed by atoms with Crippen LogP contribution in [0.3, 0.4) is 0 Å². The van der Waals surface area contributed by atoms with Crippen molar-refractivity contribution in [3.05, 3.63) is 0 Å². The lowest BCUT2D eigenvalue weighted by molar-refractivity contribution is -0.159. The maximum Gasteiger partial charge on any atom is 0.311 e. The number of ether oxygens (including phenoxy) is 1. The van der Waals surface area contributed by atoms with Gasteiger partial charge in [-0.25, -0.2) is 0 Å². The molecular weight excluding hydrogens is 170 g/mol. The molecule has 0 spiro atoms. The Morgan fingerprint density at radius 2 is 2.00 bits per heavy atom. The molecule has 1 aliphatic rings. The van der Waals surface area contributed by atoms with Gasteiger partial charge < -0.3 is 10.1 Å². The van der Waals surface area contributed by atoms with Crippen molar-refractivity contribution in [3.63, 3.8) is 0 Å². The van der Waals surface area contributed by atoms with Crippen molar-refractivity contribution in [3.8, 4) is 0 Å². The summed E-state index contributed by atoms with van der Waals surface area (Å²) in [5, 5.41) is 2.77. The third-order valence-corrected chi connectivity index (χ3v) is 2.48. The van der Waals surface area contributed by atoms with E-state index in [1.54, 1.807) is 0 Å². The Labute approximate surface area is 77.6 Å². The van der Waals surface area contributed by atoms with Crippen LogP contribution < -0.4 is 5.32 Å². The molecule has 4 heteroatoms. The van der Waals surface area contributed by atoms with Crippen LogP contribution in [0, 0.1) is 5.41 Å². The zero-order valence-electron chi connectivity index (χ0n) is 8.22. The molecule has 0 aromatic carbocycles. The van der Waals surface area contributed by atoms with E-state index in [0.29, 0.717) is 12.8 Å². The molecule has 0 aromatic rings. The van der Waals surface area contributed by atoms with Crippen molar-refractivity contribution in [1.82, 2.24) is 5.32 Å². The van der Waals surface area contributed by atoms with Crippen LogP contribution >= 0.6 is 0 Å². The molecule has 13 heavy (non-hydrogen) atoms. The van der Waals surface area contributed by atoms with E-state index >= 15 is 0 Å². The van der Waals surface area contributed by atoms with Gasteiger partial charge >= 0.3 is 5.97 Å². The highest BCUT2D eigenvalue weighted by Crippen LogP contribution is 2.41. The predicted octanol–water partition coefficient (Wildman–Crippen LogP) is 0.464. The normalized spacial score (nSPS) is 31.8. The minimum Gasteiger partial charge on any atom is -0.469 e. The van der Waals surface area contributed by atoms with Gasteiger partial charge in [-0.15, -0.1) is 0 Å². The van der Waals surface area contributed by atoms with E-state index in [-0.39, 0.29) is 23.3 Å². The van der Waals surface area contributed by atoms with Gasteiger partial charge in [0.15, 0.2) is 0 Å². The van der Waals surface area contributed by atoms with Crippen LogP contribution in [0.4, 0.5) is 0 Å². The highest BCUT2D eigenvalue weighted by atomic mass is 16.5. The first-order valence-electron chi connectivity index (χ1n) is 4.33. The van der Waals surface area contributed by atoms with E-state index in [1.807, 2.05) is 6.92 Å². The number of methoxy groups -OCH3 is 1. The molecule has 0 bridgehead atoms. The number of carbonyl (C=O) groups is 2. The van der Waals surface area contributed by atoms with Crippen LogP contribution in [0.1, 0.15) is 26.7 Å². The molecule has 1 amide bonds. The van der Waals surface area contributed by atoms with Crippen molar-refractivity contribution < 1.29 is 14.3 Å². The van der Waals surface area contributed by atoms with Gasteiger partial charge in [0.1, 0.15) is 0 Å². The third kappa shape index (κ3) is 1.99. The highest BCUT2D eigenvalue weighted by Gasteiger charge is 2.47. The van der Waals surface area contributed by atoms with E-state index in [9.17, 15) is 9.59 Å². The fourth-order valence-corrected chi connectivity index (χ4v) is 1.83. The molecule has 0 aromatic heterocycles. The second kappa shape index (κ2) is 3.36. The fraction of sp³-hybridized carbons (Fsp3) is 0.778. The number of rotatable bonds is 2. The summed E-state index contributed by atoms with van der Waals surface area (Å²) in [6, 6.07) is 0.140. The zero-order chi connectivity index (χ0) is 10.1. The standard InChI is InChI=1S/C9H15NO3/c1-6(11)10-7-4-9(2,5-7)8(12)13-3/h7H,4-5H2,1-3H3,(H,10,11)/t7-,9-. The van der Waals surface area contributed by atoms with Gasteiger partial charge in [0.05, 0.1) is 12.5 Å². The van der Waals surface area contributed by atoms with Crippen LogP contribution in [0.2, 0.25) is 0 Å². The minimum atomic E-state index is -0.387. The molecule has 1 rings (SSSR count). The van der Waals surface area contributed by atoms with Crippen molar-refractivity contribution >= 4 is 11.9 Å². The second-order valence-corrected chi connectivity index (χ2v) is 3.86. The largest absolute Gasteiger partial charge is 0.469 e. The van der Waals surface area contributed by atoms with Gasteiger partial charge in [-0.05, 0) is 19.8 Å². The number of carbonyl (C=O) groups excluding carboxylic acids is 2. The second-order valence-electron chi connectivity index (χ2n) is 3.86. The molecule has 0 atom stereocenters. The summed E-state index contributed by atoms with van der Waals surface area (Å²) in [5.41, 5.74) is -0.387. The lowest BCUT2D eigenvalue weighted by Gasteiger charge is -2.42. The molecule has 1 fully saturated rings. The Morgan fingerprint density at radius 3 is 2.38 bits per heavy atom. The number of amides is 1. The molecule has 1 N–H and O–H groups in total. The molecule has 0 radical (unpaired) electrons. The average Bonchev–Trinajstić information content (AvgIpc) is 1.99. The van der Waals surface area contributed by atoms with E-state index in [2.05, 4.69) is 10.1 Å². The van der Waals surface area contributed by atoms with Gasteiger partial charge in [0.2, 0.25) is 5.91 Å². The van der Waals surface area contributed by atoms with Gasteiger partial charge in [-0.3, -0.25) is 9.59 Å². The van der Waals surface area contributed by atoms with Gasteiger partial charge in [0, 0.05) is 13.0 Å². The van der Waals surface area contributed by atoms with Gasteiger partial charge in [-0.2, -0.15) is 0 Å². The van der Waals surface area contributed by atoms with E-state index in [1.165, 1.54) is 14.0 Å². The fourth-order valence-electron chi connectivity index (χ4n) is 1.83. The summed E-state index contributed by atoms with van der Waals surface area (Å²) in [6.45, 7) is 3.34. The van der Waals surface area contributed by atoms with Crippen molar-refractivity contribution in [2.75, 3.05) is 7.11 Å². The average molecular weight is 185 g/mol. The predicted molar refractivity (Wildman–Crippen MR) is 47.0 cm³/mol. The number of esters is 1. The zero-order valence-corrected chi connectivity index (χ0v) is 8.22. The number of hydrogen-bond acceptors (Lipinski definition) is 3. The smallest absolute Gasteiger partial charge is 0.311 e. The highest BCUT2D eigenvalue weighted by molar-refractivity contribution is 5.79. The third-order valence-electron chi connectivity index (χ3n) is 2.48. The SMILES string of the molecule is COC(=O)[C@]1(C)C[C@@H](NC(C)=O)C1. The summed E-state index contributed by atoms with van der Waals surface area (Å²) in [4.78, 5) is 21.9. The maximum absolute atomic E-state index is 11.2. The Kier molecular flexibility index (Phi) is 2.59. The van der Waals surface area contributed by atoms with Crippen LogP contribution in [0.15, 0.2) is 0 Å². The molecular formula is C9H15NO3. The summed E-state index contributed by atoms with van der Waals surface area (Å²) in [6.07, 6.45) is 1.36. The summed E-state index contributed by atoms with van der Waals surface area (Å²) < 4.78 is 4.66. The summed E-state index contributed by atoms with van der Waals surface area (Å²) >= 11 is 0. The summed E-state index contributed by atoms with van der Waals surface area (Å²) in [7, 11) is 1.39. The van der Waals surface area contributed by atoms with E-state index < -0.39 is 0 Å². The van der Waals surface area contributed by atoms with Crippen molar-refractivity contribution in [2.45, 2.75) is 32.7 Å². The van der Waals surface area contributed by atoms with E-state index in [0.717, 1.165) is 0 Å². The lowest BCUT2D eigenvalue weighted by Crippen LogP contribution is -2.52. The van der Waals surface area contributed by atoms with Crippen LogP contribution in [0.25, 0.3) is 0 Å². The van der Waals surface area contributed by atoms with Crippen LogP contribution in [-0.2, 0) is 14.3 Å². The summed E-state index contributed by atoms with van der Waals surface area (Å²) in [5.74, 6) is -0.231. The Balaban J connectivity index is 2.38. The first kappa shape index (κ1) is 10.0. The number of nitrogens with one attached hydrogen (secondary N) is 1. The number of hydrogen-bond donors (Lipinski definition) is 1. The maximum atomic E-state index is 11.2. The molecule has 4 nitrogen and oxygen atoms in total. The monoisotopic (exact) mass is 185 g/mol. The molecule has 1 aliphatic carbocycles. The molecule has 0 saturated heterocycles. The molecule has 0 unspecified atom stereocenters. The van der Waals surface area contributed by atoms with Crippen molar-refractivity contribution in [1.29, 1.82) is 0 Å².